The van der Waals surface area contributed by atoms with Crippen LogP contribution >= 0.6 is 0 Å². The van der Waals surface area contributed by atoms with E-state index in [1.165, 1.54) is 5.69 Å². The van der Waals surface area contributed by atoms with Crippen LogP contribution in [0, 0.1) is 19.8 Å². The quantitative estimate of drug-likeness (QED) is 0.764. The minimum atomic E-state index is -0.0479. The second-order valence-corrected chi connectivity index (χ2v) is 7.24. The van der Waals surface area contributed by atoms with Gasteiger partial charge in [0.05, 0.1) is 11.4 Å². The van der Waals surface area contributed by atoms with E-state index < -0.39 is 0 Å². The molecule has 1 aliphatic heterocycles. The number of nitrogens with zero attached hydrogens (tertiary/aromatic N) is 3. The molecule has 27 heavy (non-hydrogen) atoms. The van der Waals surface area contributed by atoms with E-state index in [0.717, 1.165) is 41.7 Å². The normalized spacial score (nSPS) is 17.1. The van der Waals surface area contributed by atoms with E-state index in [-0.39, 0.29) is 11.8 Å². The topological polar surface area (TPSA) is 58.1 Å². The molecule has 2 aromatic heterocycles. The van der Waals surface area contributed by atoms with Crippen LogP contribution in [0.15, 0.2) is 48.5 Å². The largest absolute Gasteiger partial charge is 0.370 e. The fourth-order valence-corrected chi connectivity index (χ4v) is 3.80. The number of para-hydroxylation sites is 1. The summed E-state index contributed by atoms with van der Waals surface area (Å²) in [5.41, 5.74) is 4.07. The van der Waals surface area contributed by atoms with Crippen molar-refractivity contribution >= 4 is 28.3 Å². The molecule has 0 radical (unpaired) electrons. The Kier molecular flexibility index (Phi) is 4.75. The molecule has 1 aliphatic rings. The lowest BCUT2D eigenvalue weighted by molar-refractivity contribution is -0.120. The summed E-state index contributed by atoms with van der Waals surface area (Å²) >= 11 is 0. The Bertz CT molecular complexity index is 985. The van der Waals surface area contributed by atoms with Crippen LogP contribution in [0.25, 0.3) is 10.9 Å². The Morgan fingerprint density at radius 2 is 1.93 bits per heavy atom. The van der Waals surface area contributed by atoms with Gasteiger partial charge in [0.1, 0.15) is 5.82 Å². The minimum Gasteiger partial charge on any atom is -0.370 e. The number of fused-ring (bicyclic) bond motifs is 1. The number of hydrogen-bond acceptors (Lipinski definition) is 4. The van der Waals surface area contributed by atoms with Gasteiger partial charge in [0, 0.05) is 35.6 Å². The minimum absolute atomic E-state index is 0.0479. The van der Waals surface area contributed by atoms with Crippen LogP contribution in [0.1, 0.15) is 24.2 Å². The van der Waals surface area contributed by atoms with Gasteiger partial charge in [0.15, 0.2) is 0 Å². The summed E-state index contributed by atoms with van der Waals surface area (Å²) in [6, 6.07) is 16.0. The third kappa shape index (κ3) is 3.77. The van der Waals surface area contributed by atoms with Gasteiger partial charge in [0.25, 0.3) is 0 Å². The van der Waals surface area contributed by atoms with Crippen molar-refractivity contribution in [3.05, 3.63) is 59.9 Å². The van der Waals surface area contributed by atoms with Gasteiger partial charge >= 0.3 is 0 Å². The lowest BCUT2D eigenvalue weighted by Gasteiger charge is -2.34. The molecule has 1 saturated heterocycles. The van der Waals surface area contributed by atoms with E-state index >= 15 is 0 Å². The van der Waals surface area contributed by atoms with E-state index in [9.17, 15) is 4.79 Å². The maximum Gasteiger partial charge on any atom is 0.230 e. The third-order valence-corrected chi connectivity index (χ3v) is 5.09. The predicted molar refractivity (Wildman–Crippen MR) is 109 cm³/mol. The number of carbonyl (C=O) groups excluding carboxylic acids is 1. The van der Waals surface area contributed by atoms with Gasteiger partial charge in [-0.25, -0.2) is 4.98 Å². The molecule has 1 atom stereocenters. The summed E-state index contributed by atoms with van der Waals surface area (Å²) in [4.78, 5) is 24.1. The summed E-state index contributed by atoms with van der Waals surface area (Å²) in [5, 5.41) is 4.13. The van der Waals surface area contributed by atoms with Crippen LogP contribution in [-0.2, 0) is 4.79 Å². The first-order chi connectivity index (χ1) is 13.1. The summed E-state index contributed by atoms with van der Waals surface area (Å²) in [5.74, 6) is 0.628. The standard InChI is InChI=1S/C22H24N4O/c1-15-7-5-11-21(24-15)25-22(27)17-8-6-12-26(14-17)20-13-16(2)23-19-10-4-3-9-18(19)20/h3-5,7,9-11,13,17H,6,8,12,14H2,1-2H3,(H,24,25,27). The van der Waals surface area contributed by atoms with Crippen molar-refractivity contribution in [1.29, 1.82) is 0 Å². The number of hydrogen-bond donors (Lipinski definition) is 1. The SMILES string of the molecule is Cc1cccc(NC(=O)C2CCCN(c3cc(C)nc4ccccc34)C2)n1. The molecule has 1 aromatic carbocycles. The van der Waals surface area contributed by atoms with Gasteiger partial charge in [0.2, 0.25) is 5.91 Å². The first-order valence-corrected chi connectivity index (χ1v) is 9.46. The molecule has 5 nitrogen and oxygen atoms in total. The number of piperidine rings is 1. The summed E-state index contributed by atoms with van der Waals surface area (Å²) in [7, 11) is 0. The molecule has 1 fully saturated rings. The molecular weight excluding hydrogens is 336 g/mol. The number of aromatic nitrogens is 2. The van der Waals surface area contributed by atoms with E-state index in [2.05, 4.69) is 32.3 Å². The Labute approximate surface area is 159 Å². The molecular formula is C22H24N4O. The van der Waals surface area contributed by atoms with E-state index in [0.29, 0.717) is 12.4 Å². The summed E-state index contributed by atoms with van der Waals surface area (Å²) in [6.07, 6.45) is 1.89. The number of anilines is 2. The molecule has 138 valence electrons. The number of amides is 1. The third-order valence-electron chi connectivity index (χ3n) is 5.09. The van der Waals surface area contributed by atoms with Gasteiger partial charge in [-0.2, -0.15) is 0 Å². The number of aryl methyl sites for hydroxylation is 2. The Balaban J connectivity index is 1.56. The van der Waals surface area contributed by atoms with Crippen molar-refractivity contribution in [2.45, 2.75) is 26.7 Å². The van der Waals surface area contributed by atoms with Gasteiger partial charge in [-0.15, -0.1) is 0 Å². The van der Waals surface area contributed by atoms with E-state index in [1.807, 2.05) is 50.2 Å². The van der Waals surface area contributed by atoms with Crippen LogP contribution in [0.4, 0.5) is 11.5 Å². The summed E-state index contributed by atoms with van der Waals surface area (Å²) < 4.78 is 0. The van der Waals surface area contributed by atoms with E-state index in [4.69, 9.17) is 0 Å². The van der Waals surface area contributed by atoms with Crippen molar-refractivity contribution in [2.24, 2.45) is 5.92 Å². The molecule has 0 saturated carbocycles. The number of carbonyl (C=O) groups is 1. The lowest BCUT2D eigenvalue weighted by Crippen LogP contribution is -2.41. The second kappa shape index (κ2) is 7.35. The van der Waals surface area contributed by atoms with Crippen LogP contribution in [0.2, 0.25) is 0 Å². The maximum absolute atomic E-state index is 12.8. The molecule has 3 heterocycles. The van der Waals surface area contributed by atoms with Crippen molar-refractivity contribution in [1.82, 2.24) is 9.97 Å². The highest BCUT2D eigenvalue weighted by atomic mass is 16.2. The maximum atomic E-state index is 12.8. The molecule has 0 aliphatic carbocycles. The lowest BCUT2D eigenvalue weighted by atomic mass is 9.96. The Morgan fingerprint density at radius 3 is 2.78 bits per heavy atom. The monoisotopic (exact) mass is 360 g/mol. The number of pyridine rings is 2. The van der Waals surface area contributed by atoms with Crippen molar-refractivity contribution < 1.29 is 4.79 Å². The average molecular weight is 360 g/mol. The highest BCUT2D eigenvalue weighted by Gasteiger charge is 2.27. The molecule has 0 bridgehead atoms. The van der Waals surface area contributed by atoms with E-state index in [1.54, 1.807) is 0 Å². The van der Waals surface area contributed by atoms with Crippen molar-refractivity contribution in [2.75, 3.05) is 23.3 Å². The Hall–Kier alpha value is -2.95. The molecule has 5 heteroatoms. The zero-order valence-electron chi connectivity index (χ0n) is 15.8. The fraction of sp³-hybridized carbons (Fsp3) is 0.318. The highest BCUT2D eigenvalue weighted by molar-refractivity contribution is 5.94. The highest BCUT2D eigenvalue weighted by Crippen LogP contribution is 2.30. The van der Waals surface area contributed by atoms with Crippen LogP contribution in [0.5, 0.6) is 0 Å². The smallest absolute Gasteiger partial charge is 0.230 e. The van der Waals surface area contributed by atoms with Crippen LogP contribution in [0.3, 0.4) is 0 Å². The molecule has 3 aromatic rings. The average Bonchev–Trinajstić information content (AvgIpc) is 2.67. The zero-order chi connectivity index (χ0) is 18.8. The fourth-order valence-electron chi connectivity index (χ4n) is 3.80. The zero-order valence-corrected chi connectivity index (χ0v) is 15.8. The predicted octanol–water partition coefficient (Wildman–Crippen LogP) is 4.10. The van der Waals surface area contributed by atoms with Crippen LogP contribution < -0.4 is 10.2 Å². The molecule has 0 spiro atoms. The van der Waals surface area contributed by atoms with Crippen molar-refractivity contribution in [3.8, 4) is 0 Å². The van der Waals surface area contributed by atoms with Gasteiger partial charge in [-0.3, -0.25) is 9.78 Å². The number of nitrogens with one attached hydrogen (secondary N) is 1. The van der Waals surface area contributed by atoms with Gasteiger partial charge in [-0.05, 0) is 51.0 Å². The first kappa shape index (κ1) is 17.5. The van der Waals surface area contributed by atoms with Gasteiger partial charge in [-0.1, -0.05) is 24.3 Å². The molecule has 1 N–H and O–H groups in total. The summed E-state index contributed by atoms with van der Waals surface area (Å²) in [6.45, 7) is 5.62. The van der Waals surface area contributed by atoms with Gasteiger partial charge < -0.3 is 10.2 Å². The molecule has 1 amide bonds. The second-order valence-electron chi connectivity index (χ2n) is 7.24. The number of rotatable bonds is 3. The Morgan fingerprint density at radius 1 is 1.07 bits per heavy atom. The van der Waals surface area contributed by atoms with Crippen molar-refractivity contribution in [3.63, 3.8) is 0 Å². The molecule has 1 unspecified atom stereocenters. The first-order valence-electron chi connectivity index (χ1n) is 9.46. The number of benzene rings is 1. The molecule has 4 rings (SSSR count). The van der Waals surface area contributed by atoms with Crippen LogP contribution in [-0.4, -0.2) is 29.0 Å².